The van der Waals surface area contributed by atoms with Crippen molar-refractivity contribution in [3.63, 3.8) is 0 Å². The Morgan fingerprint density at radius 3 is 2.76 bits per heavy atom. The molecular weight excluding hydrogens is 402 g/mol. The summed E-state index contributed by atoms with van der Waals surface area (Å²) in [5, 5.41) is 3.37. The second kappa shape index (κ2) is 7.09. The van der Waals surface area contributed by atoms with Crippen molar-refractivity contribution >= 4 is 56.4 Å². The van der Waals surface area contributed by atoms with Crippen LogP contribution in [0.1, 0.15) is 18.6 Å². The Bertz CT molecular complexity index is 854. The number of hydrogen-bond donors (Lipinski definition) is 1. The third-order valence-corrected chi connectivity index (χ3v) is 5.47. The van der Waals surface area contributed by atoms with Crippen LogP contribution in [0.2, 0.25) is 0 Å². The minimum absolute atomic E-state index is 0.157. The van der Waals surface area contributed by atoms with Crippen LogP contribution in [0, 0.1) is 0 Å². The minimum atomic E-state index is -0.157. The van der Waals surface area contributed by atoms with Gasteiger partial charge in [-0.15, -0.1) is 0 Å². The molecule has 0 atom stereocenters. The molecule has 7 heteroatoms. The maximum Gasteiger partial charge on any atom is 0.264 e. The number of thioether (sulfide) groups is 1. The third kappa shape index (κ3) is 3.67. The van der Waals surface area contributed by atoms with Crippen LogP contribution >= 0.6 is 27.7 Å². The molecule has 2 aromatic rings. The number of amidine groups is 1. The molecule has 1 N–H and O–H groups in total. The van der Waals surface area contributed by atoms with Gasteiger partial charge >= 0.3 is 0 Å². The van der Waals surface area contributed by atoms with Crippen molar-refractivity contribution in [3.8, 4) is 0 Å². The van der Waals surface area contributed by atoms with Crippen LogP contribution < -0.4 is 10.2 Å². The lowest BCUT2D eigenvalue weighted by Gasteiger charge is -2.13. The molecule has 0 aliphatic carbocycles. The molecule has 1 aromatic heterocycles. The molecule has 5 nitrogen and oxygen atoms in total. The zero-order valence-corrected chi connectivity index (χ0v) is 15.8. The van der Waals surface area contributed by atoms with Crippen LogP contribution in [0.15, 0.2) is 55.2 Å². The Kier molecular flexibility index (Phi) is 4.67. The molecule has 1 aromatic carbocycles. The van der Waals surface area contributed by atoms with E-state index >= 15 is 0 Å². The minimum Gasteiger partial charge on any atom is -0.440 e. The summed E-state index contributed by atoms with van der Waals surface area (Å²) in [6, 6.07) is 11.5. The third-order valence-electron chi connectivity index (χ3n) is 3.99. The van der Waals surface area contributed by atoms with Crippen LogP contribution in [-0.4, -0.2) is 24.2 Å². The van der Waals surface area contributed by atoms with Gasteiger partial charge in [-0.1, -0.05) is 18.2 Å². The first kappa shape index (κ1) is 16.5. The molecule has 0 bridgehead atoms. The number of rotatable bonds is 3. The largest absolute Gasteiger partial charge is 0.440 e. The lowest BCUT2D eigenvalue weighted by molar-refractivity contribution is -0.115. The summed E-state index contributed by atoms with van der Waals surface area (Å²) in [6.45, 7) is 2.01. The smallest absolute Gasteiger partial charge is 0.264 e. The molecule has 25 heavy (non-hydrogen) atoms. The summed E-state index contributed by atoms with van der Waals surface area (Å²) < 4.78 is 6.85. The van der Waals surface area contributed by atoms with Gasteiger partial charge < -0.3 is 14.6 Å². The van der Waals surface area contributed by atoms with Crippen LogP contribution in [0.3, 0.4) is 0 Å². The molecule has 2 fully saturated rings. The first-order chi connectivity index (χ1) is 12.2. The fourth-order valence-corrected chi connectivity index (χ4v) is 4.19. The van der Waals surface area contributed by atoms with E-state index in [0.717, 1.165) is 29.1 Å². The number of halogens is 1. The van der Waals surface area contributed by atoms with Gasteiger partial charge in [0.2, 0.25) is 5.88 Å². The Morgan fingerprint density at radius 1 is 1.24 bits per heavy atom. The Labute approximate surface area is 158 Å². The molecule has 1 amide bonds. The normalized spacial score (nSPS) is 20.7. The van der Waals surface area contributed by atoms with E-state index in [1.807, 2.05) is 36.4 Å². The lowest BCUT2D eigenvalue weighted by Crippen LogP contribution is -2.19. The van der Waals surface area contributed by atoms with Gasteiger partial charge in [0.1, 0.15) is 5.76 Å². The van der Waals surface area contributed by atoms with Crippen LogP contribution in [-0.2, 0) is 4.79 Å². The van der Waals surface area contributed by atoms with Gasteiger partial charge in [0.05, 0.1) is 15.1 Å². The van der Waals surface area contributed by atoms with E-state index in [-0.39, 0.29) is 5.91 Å². The van der Waals surface area contributed by atoms with Gasteiger partial charge in [0.25, 0.3) is 5.91 Å². The van der Waals surface area contributed by atoms with Crippen molar-refractivity contribution in [2.45, 2.75) is 12.8 Å². The van der Waals surface area contributed by atoms with E-state index in [0.29, 0.717) is 15.8 Å². The molecule has 128 valence electrons. The van der Waals surface area contributed by atoms with Gasteiger partial charge in [0.15, 0.2) is 5.17 Å². The second-order valence-corrected chi connectivity index (χ2v) is 7.70. The molecule has 2 aliphatic rings. The predicted octanol–water partition coefficient (Wildman–Crippen LogP) is 4.53. The van der Waals surface area contributed by atoms with E-state index in [9.17, 15) is 4.79 Å². The summed E-state index contributed by atoms with van der Waals surface area (Å²) in [6.07, 6.45) is 4.13. The number of carbonyl (C=O) groups is 1. The predicted molar refractivity (Wildman–Crippen MR) is 105 cm³/mol. The highest BCUT2D eigenvalue weighted by Crippen LogP contribution is 2.35. The molecular formula is C18H16BrN3O2S. The van der Waals surface area contributed by atoms with E-state index in [1.54, 1.807) is 6.08 Å². The molecule has 0 saturated carbocycles. The van der Waals surface area contributed by atoms with Gasteiger partial charge in [-0.25, -0.2) is 4.99 Å². The number of hydrogen-bond acceptors (Lipinski definition) is 5. The number of anilines is 1. The van der Waals surface area contributed by atoms with Gasteiger partial charge in [-0.2, -0.15) is 0 Å². The topological polar surface area (TPSA) is 57.8 Å². The van der Waals surface area contributed by atoms with Crippen molar-refractivity contribution in [3.05, 3.63) is 51.5 Å². The van der Waals surface area contributed by atoms with Crippen LogP contribution in [0.5, 0.6) is 0 Å². The lowest BCUT2D eigenvalue weighted by atomic mass is 10.3. The average molecular weight is 418 g/mol. The van der Waals surface area contributed by atoms with Crippen molar-refractivity contribution < 1.29 is 9.21 Å². The summed E-state index contributed by atoms with van der Waals surface area (Å²) >= 11 is 4.87. The first-order valence-electron chi connectivity index (χ1n) is 8.08. The Morgan fingerprint density at radius 2 is 2.00 bits per heavy atom. The zero-order valence-electron chi connectivity index (χ0n) is 13.4. The number of carbonyl (C=O) groups excluding carboxylic acids is 1. The molecule has 0 unspecified atom stereocenters. The number of benzene rings is 1. The SMILES string of the molecule is O=C1NC(=Nc2ccccc2)S/C1=C\c1cc(Br)c(N2CCCC2)o1. The van der Waals surface area contributed by atoms with E-state index in [2.05, 4.69) is 31.1 Å². The molecule has 2 aliphatic heterocycles. The van der Waals surface area contributed by atoms with E-state index < -0.39 is 0 Å². The zero-order chi connectivity index (χ0) is 17.2. The van der Waals surface area contributed by atoms with Crippen molar-refractivity contribution in [2.75, 3.05) is 18.0 Å². The number of nitrogens with one attached hydrogen (secondary N) is 1. The highest BCUT2D eigenvalue weighted by atomic mass is 79.9. The number of aliphatic imine (C=N–C) groups is 1. The maximum atomic E-state index is 12.2. The highest BCUT2D eigenvalue weighted by molar-refractivity contribution is 9.10. The Balaban J connectivity index is 1.55. The number of amides is 1. The molecule has 2 saturated heterocycles. The maximum absolute atomic E-state index is 12.2. The van der Waals surface area contributed by atoms with E-state index in [4.69, 9.17) is 4.42 Å². The average Bonchev–Trinajstić information content (AvgIpc) is 3.31. The molecule has 3 heterocycles. The Hall–Kier alpha value is -1.99. The molecule has 0 spiro atoms. The monoisotopic (exact) mass is 417 g/mol. The van der Waals surface area contributed by atoms with Gasteiger partial charge in [0, 0.05) is 25.2 Å². The highest BCUT2D eigenvalue weighted by Gasteiger charge is 2.25. The fourth-order valence-electron chi connectivity index (χ4n) is 2.81. The number of nitrogens with zero attached hydrogens (tertiary/aromatic N) is 2. The van der Waals surface area contributed by atoms with Gasteiger partial charge in [-0.05, 0) is 52.7 Å². The summed E-state index contributed by atoms with van der Waals surface area (Å²) in [4.78, 5) is 19.4. The molecule has 0 radical (unpaired) electrons. The van der Waals surface area contributed by atoms with Crippen molar-refractivity contribution in [1.82, 2.24) is 5.32 Å². The van der Waals surface area contributed by atoms with Crippen molar-refractivity contribution in [1.29, 1.82) is 0 Å². The second-order valence-electron chi connectivity index (χ2n) is 5.81. The number of furan rings is 1. The van der Waals surface area contributed by atoms with Gasteiger partial charge in [-0.3, -0.25) is 4.79 Å². The first-order valence-corrected chi connectivity index (χ1v) is 9.69. The molecule has 4 rings (SSSR count). The summed E-state index contributed by atoms with van der Waals surface area (Å²) in [5.74, 6) is 1.34. The van der Waals surface area contributed by atoms with E-state index in [1.165, 1.54) is 24.6 Å². The quantitative estimate of drug-likeness (QED) is 0.744. The number of para-hydroxylation sites is 1. The standard InChI is InChI=1S/C18H16BrN3O2S/c19-14-10-13(24-17(14)22-8-4-5-9-22)11-15-16(23)21-18(25-15)20-12-6-2-1-3-7-12/h1-3,6-7,10-11H,4-5,8-9H2,(H,20,21,23)/b15-11-. The van der Waals surface area contributed by atoms with Crippen LogP contribution in [0.25, 0.3) is 6.08 Å². The summed E-state index contributed by atoms with van der Waals surface area (Å²) in [7, 11) is 0. The fraction of sp³-hybridized carbons (Fsp3) is 0.222. The van der Waals surface area contributed by atoms with Crippen molar-refractivity contribution in [2.24, 2.45) is 4.99 Å². The van der Waals surface area contributed by atoms with Crippen LogP contribution in [0.4, 0.5) is 11.6 Å². The summed E-state index contributed by atoms with van der Waals surface area (Å²) in [5.41, 5.74) is 0.809.